The van der Waals surface area contributed by atoms with E-state index < -0.39 is 0 Å². The summed E-state index contributed by atoms with van der Waals surface area (Å²) in [4.78, 5) is 3.00. The van der Waals surface area contributed by atoms with Gasteiger partial charge in [-0.1, -0.05) is 26.7 Å². The van der Waals surface area contributed by atoms with Crippen LogP contribution in [-0.4, -0.2) is 6.54 Å². The first-order valence-corrected chi connectivity index (χ1v) is 8.32. The van der Waals surface area contributed by atoms with Gasteiger partial charge in [0.1, 0.15) is 0 Å². The fraction of sp³-hybridized carbons (Fsp3) is 0.750. The molecule has 3 atom stereocenters. The van der Waals surface area contributed by atoms with Crippen LogP contribution < -0.4 is 5.32 Å². The van der Waals surface area contributed by atoms with Crippen molar-refractivity contribution in [3.8, 4) is 0 Å². The number of rotatable bonds is 5. The van der Waals surface area contributed by atoms with E-state index in [1.165, 1.54) is 37.0 Å². The van der Waals surface area contributed by atoms with E-state index in [-0.39, 0.29) is 0 Å². The number of hydrogen-bond donors (Lipinski definition) is 1. The Morgan fingerprint density at radius 3 is 2.83 bits per heavy atom. The molecule has 1 heterocycles. The largest absolute Gasteiger partial charge is 0.309 e. The summed E-state index contributed by atoms with van der Waals surface area (Å²) in [6, 6.07) is 5.21. The van der Waals surface area contributed by atoms with Gasteiger partial charge in [0.15, 0.2) is 0 Å². The van der Waals surface area contributed by atoms with Crippen LogP contribution in [0.2, 0.25) is 0 Å². The molecular formula is C16H27NS. The second kappa shape index (κ2) is 6.72. The molecular weight excluding hydrogens is 238 g/mol. The van der Waals surface area contributed by atoms with Gasteiger partial charge in [-0.15, -0.1) is 11.3 Å². The number of hydrogen-bond acceptors (Lipinski definition) is 2. The third-order valence-electron chi connectivity index (χ3n) is 4.13. The van der Waals surface area contributed by atoms with E-state index in [4.69, 9.17) is 0 Å². The molecule has 2 rings (SSSR count). The zero-order valence-corrected chi connectivity index (χ0v) is 12.9. The molecule has 0 saturated heterocycles. The highest BCUT2D eigenvalue weighted by atomic mass is 32.1. The molecule has 3 unspecified atom stereocenters. The number of thiophene rings is 1. The van der Waals surface area contributed by atoms with Crippen LogP contribution in [0.25, 0.3) is 0 Å². The molecule has 0 aromatic carbocycles. The number of aryl methyl sites for hydroxylation is 1. The Balaban J connectivity index is 2.08. The third-order valence-corrected chi connectivity index (χ3v) is 5.21. The molecule has 0 aliphatic heterocycles. The molecule has 1 nitrogen and oxygen atoms in total. The zero-order valence-electron chi connectivity index (χ0n) is 12.0. The summed E-state index contributed by atoms with van der Waals surface area (Å²) in [5.74, 6) is 1.76. The van der Waals surface area contributed by atoms with Crippen molar-refractivity contribution >= 4 is 11.3 Å². The predicted molar refractivity (Wildman–Crippen MR) is 81.2 cm³/mol. The second-order valence-corrected chi connectivity index (χ2v) is 7.23. The minimum absolute atomic E-state index is 0.603. The van der Waals surface area contributed by atoms with Gasteiger partial charge in [0.25, 0.3) is 0 Å². The minimum Gasteiger partial charge on any atom is -0.309 e. The first-order valence-electron chi connectivity index (χ1n) is 7.50. The molecule has 1 aromatic heterocycles. The fourth-order valence-electron chi connectivity index (χ4n) is 3.20. The Labute approximate surface area is 116 Å². The maximum atomic E-state index is 3.80. The van der Waals surface area contributed by atoms with Crippen molar-refractivity contribution in [1.29, 1.82) is 0 Å². The van der Waals surface area contributed by atoms with Crippen LogP contribution >= 0.6 is 11.3 Å². The van der Waals surface area contributed by atoms with Gasteiger partial charge >= 0.3 is 0 Å². The highest BCUT2D eigenvalue weighted by Crippen LogP contribution is 2.39. The average Bonchev–Trinajstić information content (AvgIpc) is 2.76. The third kappa shape index (κ3) is 3.58. The molecule has 0 amide bonds. The van der Waals surface area contributed by atoms with E-state index in [0.29, 0.717) is 6.04 Å². The summed E-state index contributed by atoms with van der Waals surface area (Å²) in [5.41, 5.74) is 0. The average molecular weight is 265 g/mol. The van der Waals surface area contributed by atoms with Gasteiger partial charge in [-0.2, -0.15) is 0 Å². The fourth-order valence-corrected chi connectivity index (χ4v) is 4.25. The maximum Gasteiger partial charge on any atom is 0.0443 e. The molecule has 1 aliphatic rings. The number of nitrogens with one attached hydrogen (secondary N) is 1. The summed E-state index contributed by atoms with van der Waals surface area (Å²) in [6.07, 6.45) is 6.88. The molecule has 0 bridgehead atoms. The van der Waals surface area contributed by atoms with Crippen LogP contribution in [-0.2, 0) is 0 Å². The van der Waals surface area contributed by atoms with E-state index in [0.717, 1.165) is 18.4 Å². The topological polar surface area (TPSA) is 12.0 Å². The van der Waals surface area contributed by atoms with Crippen LogP contribution in [0, 0.1) is 18.8 Å². The highest BCUT2D eigenvalue weighted by Gasteiger charge is 2.28. The van der Waals surface area contributed by atoms with Crippen molar-refractivity contribution in [3.05, 3.63) is 21.9 Å². The van der Waals surface area contributed by atoms with Crippen LogP contribution in [0.4, 0.5) is 0 Å². The van der Waals surface area contributed by atoms with Crippen molar-refractivity contribution in [2.24, 2.45) is 11.8 Å². The van der Waals surface area contributed by atoms with Crippen LogP contribution in [0.1, 0.15) is 61.7 Å². The van der Waals surface area contributed by atoms with Gasteiger partial charge in [0, 0.05) is 15.8 Å². The lowest BCUT2D eigenvalue weighted by Gasteiger charge is -2.33. The molecule has 1 aromatic rings. The lowest BCUT2D eigenvalue weighted by molar-refractivity contribution is 0.226. The highest BCUT2D eigenvalue weighted by molar-refractivity contribution is 7.12. The van der Waals surface area contributed by atoms with Crippen molar-refractivity contribution in [1.82, 2.24) is 5.32 Å². The van der Waals surface area contributed by atoms with Crippen molar-refractivity contribution in [2.45, 2.75) is 58.9 Å². The second-order valence-electron chi connectivity index (χ2n) is 5.91. The molecule has 2 heteroatoms. The monoisotopic (exact) mass is 265 g/mol. The molecule has 1 saturated carbocycles. The molecule has 0 spiro atoms. The first-order chi connectivity index (χ1) is 8.70. The van der Waals surface area contributed by atoms with Gasteiger partial charge < -0.3 is 5.32 Å². The summed E-state index contributed by atoms with van der Waals surface area (Å²) >= 11 is 1.98. The van der Waals surface area contributed by atoms with Crippen LogP contribution in [0.5, 0.6) is 0 Å². The Morgan fingerprint density at radius 2 is 2.22 bits per heavy atom. The van der Waals surface area contributed by atoms with Crippen molar-refractivity contribution in [3.63, 3.8) is 0 Å². The summed E-state index contributed by atoms with van der Waals surface area (Å²) in [5, 5.41) is 3.80. The normalized spacial score (nSPS) is 26.2. The van der Waals surface area contributed by atoms with E-state index in [1.807, 2.05) is 11.3 Å². The molecule has 1 N–H and O–H groups in total. The molecule has 102 valence electrons. The van der Waals surface area contributed by atoms with E-state index in [2.05, 4.69) is 38.2 Å². The summed E-state index contributed by atoms with van der Waals surface area (Å²) in [7, 11) is 0. The van der Waals surface area contributed by atoms with Gasteiger partial charge in [-0.05, 0) is 56.7 Å². The first kappa shape index (κ1) is 14.1. The minimum atomic E-state index is 0.603. The van der Waals surface area contributed by atoms with Crippen LogP contribution in [0.15, 0.2) is 12.1 Å². The van der Waals surface area contributed by atoms with Gasteiger partial charge in [0.05, 0.1) is 0 Å². The molecule has 0 radical (unpaired) electrons. The molecule has 18 heavy (non-hydrogen) atoms. The quantitative estimate of drug-likeness (QED) is 0.796. The Morgan fingerprint density at radius 1 is 1.39 bits per heavy atom. The summed E-state index contributed by atoms with van der Waals surface area (Å²) in [6.45, 7) is 8.04. The molecule has 1 aliphatic carbocycles. The summed E-state index contributed by atoms with van der Waals surface area (Å²) < 4.78 is 0. The predicted octanol–water partition coefficient (Wildman–Crippen LogP) is 4.92. The maximum absolute atomic E-state index is 3.80. The molecule has 1 fully saturated rings. The SMILES string of the molecule is CCCNC(c1ccc(C)s1)C1CCCC(C)C1. The Hall–Kier alpha value is -0.340. The smallest absolute Gasteiger partial charge is 0.0443 e. The van der Waals surface area contributed by atoms with Gasteiger partial charge in [-0.3, -0.25) is 0 Å². The van der Waals surface area contributed by atoms with E-state index >= 15 is 0 Å². The lowest BCUT2D eigenvalue weighted by Crippen LogP contribution is -2.31. The lowest BCUT2D eigenvalue weighted by atomic mass is 9.78. The van der Waals surface area contributed by atoms with Crippen molar-refractivity contribution in [2.75, 3.05) is 6.54 Å². The zero-order chi connectivity index (χ0) is 13.0. The van der Waals surface area contributed by atoms with E-state index in [1.54, 1.807) is 4.88 Å². The Bertz CT molecular complexity index is 358. The van der Waals surface area contributed by atoms with Crippen molar-refractivity contribution < 1.29 is 0 Å². The Kier molecular flexibility index (Phi) is 5.25. The standard InChI is InChI=1S/C16H27NS/c1-4-10-17-16(15-9-8-13(3)18-15)14-7-5-6-12(2)11-14/h8-9,12,14,16-17H,4-7,10-11H2,1-3H3. The van der Waals surface area contributed by atoms with Crippen LogP contribution in [0.3, 0.4) is 0 Å². The van der Waals surface area contributed by atoms with Gasteiger partial charge in [0.2, 0.25) is 0 Å². The van der Waals surface area contributed by atoms with E-state index in [9.17, 15) is 0 Å². The van der Waals surface area contributed by atoms with Gasteiger partial charge in [-0.25, -0.2) is 0 Å².